The Morgan fingerprint density at radius 3 is 2.24 bits per heavy atom. The van der Waals surface area contributed by atoms with E-state index in [1.165, 1.54) is 59.9 Å². The molecule has 0 radical (unpaired) electrons. The van der Waals surface area contributed by atoms with Gasteiger partial charge in [0.2, 0.25) is 26.0 Å². The van der Waals surface area contributed by atoms with Crippen molar-refractivity contribution in [1.29, 1.82) is 0 Å². The van der Waals surface area contributed by atoms with Gasteiger partial charge in [0.05, 0.1) is 16.9 Å². The summed E-state index contributed by atoms with van der Waals surface area (Å²) in [6, 6.07) is 9.25. The first-order valence-electron chi connectivity index (χ1n) is 11.6. The summed E-state index contributed by atoms with van der Waals surface area (Å²) >= 11 is 0. The fourth-order valence-corrected chi connectivity index (χ4v) is 6.49. The third kappa shape index (κ3) is 7.28. The fraction of sp³-hybridized carbons (Fsp3) is 0.348. The van der Waals surface area contributed by atoms with Gasteiger partial charge in [0.1, 0.15) is 11.8 Å². The molecule has 0 saturated carbocycles. The van der Waals surface area contributed by atoms with Crippen molar-refractivity contribution < 1.29 is 36.0 Å². The third-order valence-electron chi connectivity index (χ3n) is 5.76. The zero-order valence-corrected chi connectivity index (χ0v) is 22.2. The first-order valence-corrected chi connectivity index (χ1v) is 14.5. The Balaban J connectivity index is 1.70. The van der Waals surface area contributed by atoms with Crippen LogP contribution in [-0.2, 0) is 29.6 Å². The molecule has 1 aliphatic rings. The van der Waals surface area contributed by atoms with Crippen molar-refractivity contribution in [3.05, 3.63) is 54.1 Å². The Kier molecular flexibility index (Phi) is 9.43. The maximum absolute atomic E-state index is 12.8. The van der Waals surface area contributed by atoms with Gasteiger partial charge in [0, 0.05) is 25.1 Å². The van der Waals surface area contributed by atoms with E-state index in [1.807, 2.05) is 0 Å². The Bertz CT molecular complexity index is 1390. The molecular weight excluding hydrogens is 538 g/mol. The quantitative estimate of drug-likeness (QED) is 0.269. The summed E-state index contributed by atoms with van der Waals surface area (Å²) < 4.78 is 59.7. The highest BCUT2D eigenvalue weighted by Crippen LogP contribution is 2.21. The Hall–Kier alpha value is -3.53. The van der Waals surface area contributed by atoms with E-state index in [0.717, 1.165) is 12.8 Å². The van der Waals surface area contributed by atoms with Crippen molar-refractivity contribution in [3.63, 3.8) is 0 Å². The smallest absolute Gasteiger partial charge is 0.269 e. The summed E-state index contributed by atoms with van der Waals surface area (Å²) in [6.45, 7) is 0.794. The average molecular weight is 568 g/mol. The molecular formula is C23H29N5O8S2. The van der Waals surface area contributed by atoms with E-state index in [0.29, 0.717) is 18.8 Å². The van der Waals surface area contributed by atoms with Crippen LogP contribution in [0.2, 0.25) is 0 Å². The monoisotopic (exact) mass is 567 g/mol. The summed E-state index contributed by atoms with van der Waals surface area (Å²) in [5.74, 6) is -2.13. The second-order valence-electron chi connectivity index (χ2n) is 8.44. The van der Waals surface area contributed by atoms with Crippen LogP contribution in [0.1, 0.15) is 36.0 Å². The van der Waals surface area contributed by atoms with Crippen molar-refractivity contribution in [2.75, 3.05) is 20.2 Å². The van der Waals surface area contributed by atoms with Crippen molar-refractivity contribution in [1.82, 2.24) is 19.9 Å². The molecule has 0 aromatic heterocycles. The largest absolute Gasteiger partial charge is 0.497 e. The highest BCUT2D eigenvalue weighted by atomic mass is 32.2. The highest BCUT2D eigenvalue weighted by Gasteiger charge is 2.29. The normalized spacial score (nSPS) is 15.0. The first-order chi connectivity index (χ1) is 17.9. The molecule has 15 heteroatoms. The minimum absolute atomic E-state index is 0.0435. The van der Waals surface area contributed by atoms with Gasteiger partial charge in [-0.2, -0.15) is 9.03 Å². The van der Waals surface area contributed by atoms with Crippen LogP contribution in [0.3, 0.4) is 0 Å². The highest BCUT2D eigenvalue weighted by molar-refractivity contribution is 7.89. The molecule has 3 rings (SSSR count). The van der Waals surface area contributed by atoms with Gasteiger partial charge in [-0.1, -0.05) is 6.07 Å². The number of nitrogens with zero attached hydrogens (tertiary/aromatic N) is 1. The number of carbonyl (C=O) groups excluding carboxylic acids is 3. The van der Waals surface area contributed by atoms with Crippen LogP contribution in [0, 0.1) is 0 Å². The topological polar surface area (TPSA) is 194 Å². The standard InChI is InChI=1S/C23H29N5O8S2/c1-36-17-7-9-18(10-8-17)37(32,33)27-20(11-12-21(24)29)23(31)26-25-22(30)16-5-4-6-19(15-16)38(34,35)28-13-2-3-14-28/h4-10,15,20,27H,2-3,11-14H2,1H3,(H2,24,29)(H,25,30)(H,26,31)/t20-/m0/s1. The van der Waals surface area contributed by atoms with Crippen LogP contribution in [0.25, 0.3) is 0 Å². The number of nitrogens with one attached hydrogen (secondary N) is 3. The lowest BCUT2D eigenvalue weighted by atomic mass is 10.1. The number of hydrogen-bond acceptors (Lipinski definition) is 8. The minimum Gasteiger partial charge on any atom is -0.497 e. The number of rotatable bonds is 11. The lowest BCUT2D eigenvalue weighted by molar-refractivity contribution is -0.124. The number of benzene rings is 2. The van der Waals surface area contributed by atoms with Crippen molar-refractivity contribution in [2.24, 2.45) is 5.73 Å². The van der Waals surface area contributed by atoms with Crippen LogP contribution in [0.4, 0.5) is 0 Å². The van der Waals surface area contributed by atoms with Crippen LogP contribution in [0.15, 0.2) is 58.3 Å². The van der Waals surface area contributed by atoms with Gasteiger partial charge in [0.25, 0.3) is 11.8 Å². The Morgan fingerprint density at radius 1 is 0.974 bits per heavy atom. The molecule has 13 nitrogen and oxygen atoms in total. The molecule has 2 aromatic carbocycles. The van der Waals surface area contributed by atoms with E-state index in [4.69, 9.17) is 10.5 Å². The number of amides is 3. The van der Waals surface area contributed by atoms with Crippen LogP contribution >= 0.6 is 0 Å². The van der Waals surface area contributed by atoms with Crippen LogP contribution < -0.4 is 26.0 Å². The number of primary amides is 1. The summed E-state index contributed by atoms with van der Waals surface area (Å²) in [6.07, 6.45) is 0.915. The molecule has 1 saturated heterocycles. The third-order valence-corrected chi connectivity index (χ3v) is 9.14. The van der Waals surface area contributed by atoms with Gasteiger partial charge in [-0.25, -0.2) is 16.8 Å². The second-order valence-corrected chi connectivity index (χ2v) is 12.1. The molecule has 1 atom stereocenters. The van der Waals surface area contributed by atoms with Gasteiger partial charge in [-0.15, -0.1) is 0 Å². The molecule has 38 heavy (non-hydrogen) atoms. The van der Waals surface area contributed by atoms with Crippen molar-refractivity contribution in [3.8, 4) is 5.75 Å². The number of sulfonamides is 2. The molecule has 5 N–H and O–H groups in total. The van der Waals surface area contributed by atoms with Gasteiger partial charge < -0.3 is 10.5 Å². The van der Waals surface area contributed by atoms with Crippen LogP contribution in [-0.4, -0.2) is 65.1 Å². The first kappa shape index (κ1) is 29.0. The lowest BCUT2D eigenvalue weighted by Crippen LogP contribution is -2.52. The van der Waals surface area contributed by atoms with Gasteiger partial charge in [0.15, 0.2) is 0 Å². The van der Waals surface area contributed by atoms with Gasteiger partial charge in [-0.3, -0.25) is 25.2 Å². The number of ether oxygens (including phenoxy) is 1. The molecule has 0 aliphatic carbocycles. The number of hydrogen-bond donors (Lipinski definition) is 4. The predicted octanol–water partition coefficient (Wildman–Crippen LogP) is -0.147. The molecule has 1 aliphatic heterocycles. The number of methoxy groups -OCH3 is 1. The predicted molar refractivity (Wildman–Crippen MR) is 136 cm³/mol. The molecule has 1 heterocycles. The SMILES string of the molecule is COc1ccc(S(=O)(=O)N[C@@H](CCC(N)=O)C(=O)NNC(=O)c2cccc(S(=O)(=O)N3CCCC3)c2)cc1. The maximum atomic E-state index is 12.8. The molecule has 3 amide bonds. The van der Waals surface area contributed by atoms with Crippen molar-refractivity contribution >= 4 is 37.8 Å². The lowest BCUT2D eigenvalue weighted by Gasteiger charge is -2.19. The van der Waals surface area contributed by atoms with E-state index in [-0.39, 0.29) is 28.2 Å². The fourth-order valence-electron chi connectivity index (χ4n) is 3.69. The summed E-state index contributed by atoms with van der Waals surface area (Å²) in [7, 11) is -6.55. The summed E-state index contributed by atoms with van der Waals surface area (Å²) in [5.41, 5.74) is 9.37. The molecule has 206 valence electrons. The number of carbonyl (C=O) groups is 3. The average Bonchev–Trinajstić information content (AvgIpc) is 3.45. The van der Waals surface area contributed by atoms with Gasteiger partial charge in [-0.05, 0) is 61.7 Å². The Morgan fingerprint density at radius 2 is 1.63 bits per heavy atom. The zero-order chi connectivity index (χ0) is 27.9. The molecule has 0 unspecified atom stereocenters. The second kappa shape index (κ2) is 12.3. The van der Waals surface area contributed by atoms with E-state index < -0.39 is 43.8 Å². The molecule has 0 bridgehead atoms. The molecule has 0 spiro atoms. The molecule has 2 aromatic rings. The Labute approximate surface area is 220 Å². The minimum atomic E-state index is -4.20. The van der Waals surface area contributed by atoms with Crippen LogP contribution in [0.5, 0.6) is 5.75 Å². The van der Waals surface area contributed by atoms with Crippen molar-refractivity contribution in [2.45, 2.75) is 41.5 Å². The maximum Gasteiger partial charge on any atom is 0.269 e. The van der Waals surface area contributed by atoms with Gasteiger partial charge >= 0.3 is 0 Å². The van der Waals surface area contributed by atoms with E-state index in [1.54, 1.807) is 0 Å². The summed E-state index contributed by atoms with van der Waals surface area (Å²) in [5, 5.41) is 0. The number of hydrazine groups is 1. The zero-order valence-electron chi connectivity index (χ0n) is 20.5. The van der Waals surface area contributed by atoms with E-state index in [2.05, 4.69) is 15.6 Å². The van der Waals surface area contributed by atoms with E-state index >= 15 is 0 Å². The summed E-state index contributed by atoms with van der Waals surface area (Å²) in [4.78, 5) is 36.5. The van der Waals surface area contributed by atoms with E-state index in [9.17, 15) is 31.2 Å². The molecule has 1 fully saturated rings. The number of nitrogens with two attached hydrogens (primary N) is 1.